The van der Waals surface area contributed by atoms with Gasteiger partial charge >= 0.3 is 0 Å². The minimum atomic E-state index is 0.460. The molecule has 2 aromatic heterocycles. The predicted octanol–water partition coefficient (Wildman–Crippen LogP) is 4.38. The van der Waals surface area contributed by atoms with Gasteiger partial charge in [-0.25, -0.2) is 0 Å². The number of hydrogen-bond acceptors (Lipinski definition) is 4. The molecule has 0 aliphatic carbocycles. The molecule has 1 unspecified atom stereocenters. The molecule has 2 aromatic rings. The first-order valence-electron chi connectivity index (χ1n) is 6.67. The van der Waals surface area contributed by atoms with Crippen LogP contribution in [0.3, 0.4) is 0 Å². The molecule has 19 heavy (non-hydrogen) atoms. The maximum absolute atomic E-state index is 5.25. The van der Waals surface area contributed by atoms with Gasteiger partial charge in [-0.2, -0.15) is 0 Å². The van der Waals surface area contributed by atoms with Crippen molar-refractivity contribution in [3.8, 4) is 10.4 Å². The molecule has 0 fully saturated rings. The van der Waals surface area contributed by atoms with Crippen LogP contribution < -0.4 is 5.32 Å². The van der Waals surface area contributed by atoms with Crippen molar-refractivity contribution in [1.29, 1.82) is 0 Å². The minimum Gasteiger partial charge on any atom is -0.383 e. The third kappa shape index (κ3) is 4.42. The highest BCUT2D eigenvalue weighted by Crippen LogP contribution is 2.29. The van der Waals surface area contributed by atoms with Crippen molar-refractivity contribution in [2.75, 3.05) is 13.7 Å². The molecule has 2 rings (SSSR count). The molecule has 0 amide bonds. The average molecular weight is 295 g/mol. The van der Waals surface area contributed by atoms with Gasteiger partial charge in [0.1, 0.15) is 0 Å². The summed E-state index contributed by atoms with van der Waals surface area (Å²) in [4.78, 5) is 2.74. The first kappa shape index (κ1) is 14.7. The van der Waals surface area contributed by atoms with Crippen molar-refractivity contribution >= 4 is 22.7 Å². The first-order valence-corrected chi connectivity index (χ1v) is 8.43. The molecular weight excluding hydrogens is 274 g/mol. The normalized spacial score (nSPS) is 12.7. The zero-order valence-electron chi connectivity index (χ0n) is 11.5. The summed E-state index contributed by atoms with van der Waals surface area (Å²) < 4.78 is 5.25. The van der Waals surface area contributed by atoms with Crippen LogP contribution in [0.2, 0.25) is 0 Å². The van der Waals surface area contributed by atoms with Gasteiger partial charge in [-0.1, -0.05) is 19.4 Å². The smallest absolute Gasteiger partial charge is 0.0615 e. The Hall–Kier alpha value is -0.680. The summed E-state index contributed by atoms with van der Waals surface area (Å²) in [6.45, 7) is 3.94. The fraction of sp³-hybridized carbons (Fsp3) is 0.467. The van der Waals surface area contributed by atoms with E-state index in [4.69, 9.17) is 4.74 Å². The summed E-state index contributed by atoms with van der Waals surface area (Å²) >= 11 is 3.63. The predicted molar refractivity (Wildman–Crippen MR) is 85.0 cm³/mol. The molecule has 0 radical (unpaired) electrons. The number of thiophene rings is 2. The Morgan fingerprint density at radius 1 is 1.37 bits per heavy atom. The Balaban J connectivity index is 1.89. The zero-order chi connectivity index (χ0) is 13.5. The maximum atomic E-state index is 5.25. The SMILES string of the molecule is CCCC(COC)NCc1cc(-c2cccs2)cs1. The maximum Gasteiger partial charge on any atom is 0.0615 e. The number of nitrogens with one attached hydrogen (secondary N) is 1. The highest BCUT2D eigenvalue weighted by Gasteiger charge is 2.08. The van der Waals surface area contributed by atoms with E-state index in [0.717, 1.165) is 19.6 Å². The molecule has 2 heterocycles. The Kier molecular flexibility index (Phi) is 6.04. The Labute approximate surface area is 123 Å². The summed E-state index contributed by atoms with van der Waals surface area (Å²) in [7, 11) is 1.77. The van der Waals surface area contributed by atoms with Crippen LogP contribution in [0.4, 0.5) is 0 Å². The largest absolute Gasteiger partial charge is 0.383 e. The first-order chi connectivity index (χ1) is 9.33. The summed E-state index contributed by atoms with van der Waals surface area (Å²) in [6.07, 6.45) is 2.35. The van der Waals surface area contributed by atoms with Crippen molar-refractivity contribution < 1.29 is 4.74 Å². The Bertz CT molecular complexity index is 458. The fourth-order valence-corrected chi connectivity index (χ4v) is 3.71. The van der Waals surface area contributed by atoms with Gasteiger partial charge in [-0.15, -0.1) is 22.7 Å². The lowest BCUT2D eigenvalue weighted by atomic mass is 10.2. The minimum absolute atomic E-state index is 0.460. The second kappa shape index (κ2) is 7.80. The van der Waals surface area contributed by atoms with E-state index in [0.29, 0.717) is 6.04 Å². The second-order valence-corrected chi connectivity index (χ2v) is 6.54. The van der Waals surface area contributed by atoms with Gasteiger partial charge in [-0.05, 0) is 29.3 Å². The molecule has 1 N–H and O–H groups in total. The van der Waals surface area contributed by atoms with Gasteiger partial charge in [0, 0.05) is 35.0 Å². The Morgan fingerprint density at radius 2 is 2.26 bits per heavy atom. The molecule has 0 aliphatic heterocycles. The van der Waals surface area contributed by atoms with Gasteiger partial charge in [0.05, 0.1) is 6.61 Å². The molecule has 0 saturated heterocycles. The number of rotatable bonds is 8. The number of hydrogen-bond donors (Lipinski definition) is 1. The van der Waals surface area contributed by atoms with E-state index in [1.807, 2.05) is 11.3 Å². The van der Waals surface area contributed by atoms with Crippen molar-refractivity contribution in [3.63, 3.8) is 0 Å². The van der Waals surface area contributed by atoms with E-state index in [1.165, 1.54) is 21.7 Å². The van der Waals surface area contributed by atoms with Gasteiger partial charge < -0.3 is 10.1 Å². The van der Waals surface area contributed by atoms with Crippen LogP contribution in [-0.2, 0) is 11.3 Å². The summed E-state index contributed by atoms with van der Waals surface area (Å²) in [5.74, 6) is 0. The number of ether oxygens (including phenoxy) is 1. The van der Waals surface area contributed by atoms with E-state index in [2.05, 4.69) is 41.2 Å². The third-order valence-electron chi connectivity index (χ3n) is 3.03. The fourth-order valence-electron chi connectivity index (χ4n) is 2.08. The van der Waals surface area contributed by atoms with Gasteiger partial charge in [0.15, 0.2) is 0 Å². The van der Waals surface area contributed by atoms with E-state index in [1.54, 1.807) is 18.4 Å². The second-order valence-electron chi connectivity index (χ2n) is 4.60. The molecule has 4 heteroatoms. The van der Waals surface area contributed by atoms with Gasteiger partial charge in [-0.3, -0.25) is 0 Å². The topological polar surface area (TPSA) is 21.3 Å². The lowest BCUT2D eigenvalue weighted by Crippen LogP contribution is -2.32. The zero-order valence-corrected chi connectivity index (χ0v) is 13.2. The molecule has 104 valence electrons. The van der Waals surface area contributed by atoms with Gasteiger partial charge in [0.2, 0.25) is 0 Å². The van der Waals surface area contributed by atoms with Crippen LogP contribution in [0.25, 0.3) is 10.4 Å². The standard InChI is InChI=1S/C15H21NOS2/c1-3-5-13(10-17-2)16-9-14-8-12(11-19-14)15-6-4-7-18-15/h4,6-8,11,13,16H,3,5,9-10H2,1-2H3. The molecule has 0 aromatic carbocycles. The summed E-state index contributed by atoms with van der Waals surface area (Å²) in [6, 6.07) is 7.03. The highest BCUT2D eigenvalue weighted by molar-refractivity contribution is 7.14. The van der Waals surface area contributed by atoms with Crippen molar-refractivity contribution in [1.82, 2.24) is 5.32 Å². The Morgan fingerprint density at radius 3 is 2.95 bits per heavy atom. The van der Waals surface area contributed by atoms with E-state index >= 15 is 0 Å². The quantitative estimate of drug-likeness (QED) is 0.780. The highest BCUT2D eigenvalue weighted by atomic mass is 32.1. The van der Waals surface area contributed by atoms with E-state index in [-0.39, 0.29) is 0 Å². The van der Waals surface area contributed by atoms with E-state index < -0.39 is 0 Å². The van der Waals surface area contributed by atoms with Crippen LogP contribution in [-0.4, -0.2) is 19.8 Å². The van der Waals surface area contributed by atoms with Crippen molar-refractivity contribution in [2.45, 2.75) is 32.4 Å². The molecular formula is C15H21NOS2. The molecule has 0 spiro atoms. The lowest BCUT2D eigenvalue weighted by Gasteiger charge is -2.16. The molecule has 2 nitrogen and oxygen atoms in total. The lowest BCUT2D eigenvalue weighted by molar-refractivity contribution is 0.161. The molecule has 0 bridgehead atoms. The molecule has 1 atom stereocenters. The molecule has 0 aliphatic rings. The van der Waals surface area contributed by atoms with Crippen LogP contribution >= 0.6 is 22.7 Å². The monoisotopic (exact) mass is 295 g/mol. The van der Waals surface area contributed by atoms with Crippen molar-refractivity contribution in [3.05, 3.63) is 33.8 Å². The number of methoxy groups -OCH3 is 1. The third-order valence-corrected chi connectivity index (χ3v) is 4.89. The van der Waals surface area contributed by atoms with Crippen LogP contribution in [0, 0.1) is 0 Å². The van der Waals surface area contributed by atoms with Crippen LogP contribution in [0.1, 0.15) is 24.6 Å². The van der Waals surface area contributed by atoms with E-state index in [9.17, 15) is 0 Å². The van der Waals surface area contributed by atoms with Crippen LogP contribution in [0.15, 0.2) is 29.0 Å². The molecule has 0 saturated carbocycles. The van der Waals surface area contributed by atoms with Gasteiger partial charge in [0.25, 0.3) is 0 Å². The summed E-state index contributed by atoms with van der Waals surface area (Å²) in [5.41, 5.74) is 1.34. The van der Waals surface area contributed by atoms with Crippen molar-refractivity contribution in [2.24, 2.45) is 0 Å². The average Bonchev–Trinajstić information content (AvgIpc) is 3.07. The van der Waals surface area contributed by atoms with Crippen LogP contribution in [0.5, 0.6) is 0 Å². The summed E-state index contributed by atoms with van der Waals surface area (Å²) in [5, 5.41) is 7.96.